The predicted octanol–water partition coefficient (Wildman–Crippen LogP) is 4.13. The summed E-state index contributed by atoms with van der Waals surface area (Å²) >= 11 is 0. The highest BCUT2D eigenvalue weighted by Crippen LogP contribution is 2.17. The molecule has 152 valence electrons. The number of rotatable bonds is 9. The third-order valence-electron chi connectivity index (χ3n) is 4.31. The third kappa shape index (κ3) is 6.31. The molecule has 6 nitrogen and oxygen atoms in total. The van der Waals surface area contributed by atoms with Gasteiger partial charge in [-0.2, -0.15) is 0 Å². The van der Waals surface area contributed by atoms with Gasteiger partial charge in [0.1, 0.15) is 12.4 Å². The summed E-state index contributed by atoms with van der Waals surface area (Å²) in [4.78, 5) is 24.0. The van der Waals surface area contributed by atoms with Crippen molar-refractivity contribution in [1.82, 2.24) is 5.32 Å². The van der Waals surface area contributed by atoms with Crippen LogP contribution in [0.2, 0.25) is 0 Å². The molecule has 1 amide bonds. The van der Waals surface area contributed by atoms with Gasteiger partial charge in [-0.15, -0.1) is 0 Å². The monoisotopic (exact) mass is 401 g/mol. The summed E-state index contributed by atoms with van der Waals surface area (Å²) in [5, 5.41) is 13.2. The van der Waals surface area contributed by atoms with Crippen LogP contribution in [0.15, 0.2) is 90.8 Å². The quantitative estimate of drug-likeness (QED) is 0.335. The van der Waals surface area contributed by atoms with Crippen LogP contribution in [-0.2, 0) is 16.2 Å². The van der Waals surface area contributed by atoms with Crippen molar-refractivity contribution in [3.63, 3.8) is 0 Å². The number of hydrogen-bond donors (Lipinski definition) is 3. The molecule has 2 aromatic carbocycles. The number of nitrogens with one attached hydrogen (secondary N) is 3. The second kappa shape index (κ2) is 10.6. The molecule has 30 heavy (non-hydrogen) atoms. The first-order valence-electron chi connectivity index (χ1n) is 9.62. The number of benzene rings is 2. The molecule has 0 aliphatic heterocycles. The van der Waals surface area contributed by atoms with Crippen LogP contribution in [0.1, 0.15) is 18.4 Å². The normalized spacial score (nSPS) is 12.9. The number of ketones is 1. The lowest BCUT2D eigenvalue weighted by Gasteiger charge is -2.08. The first kappa shape index (κ1) is 20.8. The van der Waals surface area contributed by atoms with Gasteiger partial charge in [0.2, 0.25) is 5.78 Å². The van der Waals surface area contributed by atoms with Crippen molar-refractivity contribution in [2.24, 2.45) is 0 Å². The second-order valence-electron chi connectivity index (χ2n) is 6.61. The SMILES string of the molecule is N=C(C(=O)/C=C\Nc1ccc(OCc2ccccc2)cc1)C(=O)NC1=CCCC=C1. The first-order chi connectivity index (χ1) is 14.6. The fourth-order valence-corrected chi connectivity index (χ4v) is 2.70. The van der Waals surface area contributed by atoms with Gasteiger partial charge in [-0.1, -0.05) is 42.5 Å². The van der Waals surface area contributed by atoms with Gasteiger partial charge in [-0.25, -0.2) is 0 Å². The molecule has 3 N–H and O–H groups in total. The third-order valence-corrected chi connectivity index (χ3v) is 4.31. The van der Waals surface area contributed by atoms with Crippen molar-refractivity contribution in [2.75, 3.05) is 5.32 Å². The Hall–Kier alpha value is -3.93. The Labute approximate surface area is 175 Å². The predicted molar refractivity (Wildman–Crippen MR) is 117 cm³/mol. The summed E-state index contributed by atoms with van der Waals surface area (Å²) in [6.07, 6.45) is 9.88. The number of amides is 1. The molecule has 3 rings (SSSR count). The average molecular weight is 401 g/mol. The number of hydrogen-bond acceptors (Lipinski definition) is 5. The molecule has 2 aromatic rings. The van der Waals surface area contributed by atoms with Gasteiger partial charge in [0.05, 0.1) is 0 Å². The highest BCUT2D eigenvalue weighted by molar-refractivity contribution is 6.66. The van der Waals surface area contributed by atoms with Crippen molar-refractivity contribution in [3.8, 4) is 5.75 Å². The number of ether oxygens (including phenoxy) is 1. The maximum Gasteiger partial charge on any atom is 0.277 e. The zero-order valence-electron chi connectivity index (χ0n) is 16.4. The molecule has 1 aliphatic rings. The van der Waals surface area contributed by atoms with Crippen molar-refractivity contribution in [1.29, 1.82) is 5.41 Å². The summed E-state index contributed by atoms with van der Waals surface area (Å²) in [6, 6.07) is 17.2. The first-order valence-corrected chi connectivity index (χ1v) is 9.62. The van der Waals surface area contributed by atoms with E-state index in [0.717, 1.165) is 35.9 Å². The van der Waals surface area contributed by atoms with E-state index in [1.54, 1.807) is 6.08 Å². The lowest BCUT2D eigenvalue weighted by atomic mass is 10.1. The van der Waals surface area contributed by atoms with Crippen LogP contribution in [0.5, 0.6) is 5.75 Å². The van der Waals surface area contributed by atoms with Crippen molar-refractivity contribution < 1.29 is 14.3 Å². The molecular formula is C24H23N3O3. The standard InChI is InChI=1S/C24H23N3O3/c25-23(24(29)27-20-9-5-2-6-10-20)22(28)15-16-26-19-11-13-21(14-12-19)30-17-18-7-3-1-4-8-18/h1,3-5,7-16,25-26H,2,6,17H2,(H,27,29)/b16-15-,25-23?. The Balaban J connectivity index is 1.45. The summed E-state index contributed by atoms with van der Waals surface area (Å²) in [6.45, 7) is 0.485. The molecule has 0 atom stereocenters. The molecule has 0 unspecified atom stereocenters. The molecular weight excluding hydrogens is 378 g/mol. The fourth-order valence-electron chi connectivity index (χ4n) is 2.70. The summed E-state index contributed by atoms with van der Waals surface area (Å²) < 4.78 is 5.73. The number of carbonyl (C=O) groups is 2. The van der Waals surface area contributed by atoms with Crippen molar-refractivity contribution in [2.45, 2.75) is 19.4 Å². The van der Waals surface area contributed by atoms with Crippen LogP contribution >= 0.6 is 0 Å². The summed E-state index contributed by atoms with van der Waals surface area (Å²) in [5.41, 5.74) is 1.83. The van der Waals surface area contributed by atoms with E-state index < -0.39 is 17.4 Å². The molecule has 0 saturated heterocycles. The van der Waals surface area contributed by atoms with E-state index in [2.05, 4.69) is 10.6 Å². The molecule has 0 saturated carbocycles. The van der Waals surface area contributed by atoms with E-state index >= 15 is 0 Å². The van der Waals surface area contributed by atoms with E-state index in [1.165, 1.54) is 6.20 Å². The zero-order valence-corrected chi connectivity index (χ0v) is 16.4. The van der Waals surface area contributed by atoms with Crippen LogP contribution < -0.4 is 15.4 Å². The number of anilines is 1. The number of carbonyl (C=O) groups excluding carboxylic acids is 2. The Morgan fingerprint density at radius 2 is 1.80 bits per heavy atom. The number of allylic oxidation sites excluding steroid dienone is 4. The summed E-state index contributed by atoms with van der Waals surface area (Å²) in [5.74, 6) is -0.667. The molecule has 0 radical (unpaired) electrons. The minimum absolute atomic E-state index is 0.485. The Bertz CT molecular complexity index is 990. The highest BCUT2D eigenvalue weighted by Gasteiger charge is 2.16. The average Bonchev–Trinajstić information content (AvgIpc) is 2.79. The van der Waals surface area contributed by atoms with Gasteiger partial charge >= 0.3 is 0 Å². The van der Waals surface area contributed by atoms with Crippen LogP contribution in [0.25, 0.3) is 0 Å². The molecule has 6 heteroatoms. The minimum atomic E-state index is -0.720. The Morgan fingerprint density at radius 3 is 2.50 bits per heavy atom. The lowest BCUT2D eigenvalue weighted by Crippen LogP contribution is -2.34. The maximum atomic E-state index is 12.0. The molecule has 0 heterocycles. The van der Waals surface area contributed by atoms with Crippen LogP contribution in [0.4, 0.5) is 5.69 Å². The molecule has 1 aliphatic carbocycles. The van der Waals surface area contributed by atoms with Crippen LogP contribution in [0.3, 0.4) is 0 Å². The fraction of sp³-hybridized carbons (Fsp3) is 0.125. The van der Waals surface area contributed by atoms with E-state index in [1.807, 2.05) is 66.7 Å². The zero-order chi connectivity index (χ0) is 21.2. The van der Waals surface area contributed by atoms with Gasteiger partial charge < -0.3 is 15.4 Å². The second-order valence-corrected chi connectivity index (χ2v) is 6.61. The van der Waals surface area contributed by atoms with Gasteiger partial charge in [0.25, 0.3) is 5.91 Å². The van der Waals surface area contributed by atoms with E-state index in [0.29, 0.717) is 12.3 Å². The molecule has 0 fully saturated rings. The van der Waals surface area contributed by atoms with Crippen LogP contribution in [-0.4, -0.2) is 17.4 Å². The largest absolute Gasteiger partial charge is 0.489 e. The topological polar surface area (TPSA) is 91.3 Å². The molecule has 0 spiro atoms. The minimum Gasteiger partial charge on any atom is -0.489 e. The Morgan fingerprint density at radius 1 is 1.03 bits per heavy atom. The Kier molecular flexibility index (Phi) is 7.33. The van der Waals surface area contributed by atoms with Crippen molar-refractivity contribution in [3.05, 3.63) is 96.4 Å². The van der Waals surface area contributed by atoms with Crippen LogP contribution in [0, 0.1) is 5.41 Å². The van der Waals surface area contributed by atoms with Crippen molar-refractivity contribution >= 4 is 23.1 Å². The summed E-state index contributed by atoms with van der Waals surface area (Å²) in [7, 11) is 0. The highest BCUT2D eigenvalue weighted by atomic mass is 16.5. The van der Waals surface area contributed by atoms with E-state index in [9.17, 15) is 9.59 Å². The van der Waals surface area contributed by atoms with Gasteiger partial charge in [0.15, 0.2) is 5.71 Å². The molecule has 0 aromatic heterocycles. The maximum absolute atomic E-state index is 12.0. The van der Waals surface area contributed by atoms with E-state index in [-0.39, 0.29) is 0 Å². The molecule has 0 bridgehead atoms. The van der Waals surface area contributed by atoms with Gasteiger partial charge in [-0.3, -0.25) is 15.0 Å². The smallest absolute Gasteiger partial charge is 0.277 e. The van der Waals surface area contributed by atoms with Gasteiger partial charge in [0, 0.05) is 23.7 Å². The lowest BCUT2D eigenvalue weighted by molar-refractivity contribution is -0.116. The van der Waals surface area contributed by atoms with E-state index in [4.69, 9.17) is 10.1 Å². The van der Waals surface area contributed by atoms with Gasteiger partial charge in [-0.05, 0) is 48.7 Å².